The van der Waals surface area contributed by atoms with E-state index in [1.54, 1.807) is 0 Å². The molecule has 1 aromatic heterocycles. The third kappa shape index (κ3) is 4.16. The molecule has 0 unspecified atom stereocenters. The van der Waals surface area contributed by atoms with Crippen LogP contribution in [0.3, 0.4) is 0 Å². The van der Waals surface area contributed by atoms with E-state index in [9.17, 15) is 4.79 Å². The van der Waals surface area contributed by atoms with Gasteiger partial charge in [-0.2, -0.15) is 5.10 Å². The van der Waals surface area contributed by atoms with E-state index >= 15 is 0 Å². The van der Waals surface area contributed by atoms with Gasteiger partial charge < -0.3 is 10.1 Å². The predicted octanol–water partition coefficient (Wildman–Crippen LogP) is 2.65. The van der Waals surface area contributed by atoms with Crippen LogP contribution in [-0.2, 0) is 17.8 Å². The molecule has 0 radical (unpaired) electrons. The molecule has 1 aromatic carbocycles. The molecule has 1 aliphatic rings. The van der Waals surface area contributed by atoms with Crippen LogP contribution in [-0.4, -0.2) is 28.8 Å². The van der Waals surface area contributed by atoms with E-state index in [1.807, 2.05) is 42.8 Å². The lowest BCUT2D eigenvalue weighted by atomic mass is 9.97. The van der Waals surface area contributed by atoms with Gasteiger partial charge >= 0.3 is 0 Å². The van der Waals surface area contributed by atoms with Crippen molar-refractivity contribution in [3.8, 4) is 5.75 Å². The molecule has 24 heavy (non-hydrogen) atoms. The fraction of sp³-hybridized carbons (Fsp3) is 0.474. The minimum absolute atomic E-state index is 0.0843. The number of amides is 1. The van der Waals surface area contributed by atoms with E-state index in [2.05, 4.69) is 16.5 Å². The highest BCUT2D eigenvalue weighted by atomic mass is 16.5. The average Bonchev–Trinajstić information content (AvgIpc) is 2.77. The number of nitrogens with one attached hydrogen (secondary N) is 1. The van der Waals surface area contributed by atoms with Crippen molar-refractivity contribution < 1.29 is 9.53 Å². The van der Waals surface area contributed by atoms with Crippen LogP contribution in [0.4, 0.5) is 0 Å². The van der Waals surface area contributed by atoms with E-state index in [1.165, 1.54) is 5.56 Å². The van der Waals surface area contributed by atoms with Crippen molar-refractivity contribution in [1.82, 2.24) is 15.1 Å². The molecule has 1 amide bonds. The molecule has 0 fully saturated rings. The summed E-state index contributed by atoms with van der Waals surface area (Å²) in [6, 6.07) is 10.2. The zero-order chi connectivity index (χ0) is 16.9. The second-order valence-electron chi connectivity index (χ2n) is 6.52. The molecule has 2 aromatic rings. The van der Waals surface area contributed by atoms with Crippen LogP contribution in [0.1, 0.15) is 29.8 Å². The number of aromatic nitrogens is 2. The first-order chi connectivity index (χ1) is 11.6. The van der Waals surface area contributed by atoms with Gasteiger partial charge in [-0.1, -0.05) is 18.2 Å². The molecule has 0 bridgehead atoms. The van der Waals surface area contributed by atoms with Gasteiger partial charge in [0.2, 0.25) is 5.91 Å². The Morgan fingerprint density at radius 3 is 3.00 bits per heavy atom. The van der Waals surface area contributed by atoms with Crippen LogP contribution in [0.25, 0.3) is 0 Å². The van der Waals surface area contributed by atoms with Gasteiger partial charge in [0.05, 0.1) is 12.3 Å². The van der Waals surface area contributed by atoms with Crippen LogP contribution in [0, 0.1) is 19.8 Å². The van der Waals surface area contributed by atoms with E-state index in [0.29, 0.717) is 32.0 Å². The van der Waals surface area contributed by atoms with Gasteiger partial charge in [-0.15, -0.1) is 0 Å². The Morgan fingerprint density at radius 1 is 1.38 bits per heavy atom. The zero-order valence-electron chi connectivity index (χ0n) is 14.4. The van der Waals surface area contributed by atoms with Crippen molar-refractivity contribution in [2.45, 2.75) is 39.7 Å². The van der Waals surface area contributed by atoms with Gasteiger partial charge in [0.15, 0.2) is 0 Å². The summed E-state index contributed by atoms with van der Waals surface area (Å²) in [5.74, 6) is 1.49. The maximum absolute atomic E-state index is 12.1. The zero-order valence-corrected chi connectivity index (χ0v) is 14.4. The molecule has 5 nitrogen and oxygen atoms in total. The molecule has 0 saturated heterocycles. The van der Waals surface area contributed by atoms with Gasteiger partial charge in [0.25, 0.3) is 0 Å². The van der Waals surface area contributed by atoms with Crippen LogP contribution < -0.4 is 10.1 Å². The van der Waals surface area contributed by atoms with E-state index in [4.69, 9.17) is 4.74 Å². The number of carbonyl (C=O) groups excluding carboxylic acids is 1. The maximum Gasteiger partial charge on any atom is 0.221 e. The van der Waals surface area contributed by atoms with Gasteiger partial charge in [-0.05, 0) is 50.3 Å². The number of ether oxygens (including phenoxy) is 1. The molecule has 0 spiro atoms. The Kier molecular flexibility index (Phi) is 5.18. The van der Waals surface area contributed by atoms with Gasteiger partial charge in [-0.25, -0.2) is 0 Å². The lowest BCUT2D eigenvalue weighted by molar-refractivity contribution is -0.121. The van der Waals surface area contributed by atoms with Gasteiger partial charge in [-0.3, -0.25) is 9.48 Å². The summed E-state index contributed by atoms with van der Waals surface area (Å²) in [7, 11) is 0. The summed E-state index contributed by atoms with van der Waals surface area (Å²) in [6.07, 6.45) is 2.38. The first-order valence-electron chi connectivity index (χ1n) is 8.60. The Labute approximate surface area is 143 Å². The maximum atomic E-state index is 12.1. The number of fused-ring (bicyclic) bond motifs is 1. The van der Waals surface area contributed by atoms with E-state index in [-0.39, 0.29) is 5.91 Å². The molecular formula is C19H25N3O2. The Balaban J connectivity index is 1.47. The van der Waals surface area contributed by atoms with Crippen molar-refractivity contribution in [1.29, 1.82) is 0 Å². The molecule has 2 heterocycles. The summed E-state index contributed by atoms with van der Waals surface area (Å²) in [6.45, 7) is 6.02. The minimum Gasteiger partial charge on any atom is -0.493 e. The Bertz CT molecular complexity index is 708. The number of para-hydroxylation sites is 1. The van der Waals surface area contributed by atoms with E-state index in [0.717, 1.165) is 30.0 Å². The van der Waals surface area contributed by atoms with Crippen molar-refractivity contribution in [3.05, 3.63) is 47.3 Å². The second-order valence-corrected chi connectivity index (χ2v) is 6.52. The number of carbonyl (C=O) groups is 1. The fourth-order valence-electron chi connectivity index (χ4n) is 3.19. The number of rotatable bonds is 5. The van der Waals surface area contributed by atoms with Crippen molar-refractivity contribution in [3.63, 3.8) is 0 Å². The molecule has 5 heteroatoms. The number of hydrogen-bond donors (Lipinski definition) is 1. The van der Waals surface area contributed by atoms with Crippen LogP contribution in [0.15, 0.2) is 30.3 Å². The summed E-state index contributed by atoms with van der Waals surface area (Å²) in [5, 5.41) is 7.46. The molecule has 0 aliphatic carbocycles. The standard InChI is InChI=1S/C19H25N3O2/c1-14-11-15(2)22(21-14)9-7-19(23)20-13-16-8-10-24-18-6-4-3-5-17(18)12-16/h3-6,11,16H,7-10,12-13H2,1-2H3,(H,20,23)/t16-/m1/s1. The number of aryl methyl sites for hydroxylation is 3. The number of benzene rings is 1. The predicted molar refractivity (Wildman–Crippen MR) is 93.1 cm³/mol. The third-order valence-corrected chi connectivity index (χ3v) is 4.51. The van der Waals surface area contributed by atoms with E-state index < -0.39 is 0 Å². The summed E-state index contributed by atoms with van der Waals surface area (Å²) in [5.41, 5.74) is 3.32. The number of nitrogens with zero attached hydrogens (tertiary/aromatic N) is 2. The number of hydrogen-bond acceptors (Lipinski definition) is 3. The normalized spacial score (nSPS) is 16.8. The molecule has 1 N–H and O–H groups in total. The molecule has 3 rings (SSSR count). The van der Waals surface area contributed by atoms with Gasteiger partial charge in [0, 0.05) is 25.2 Å². The summed E-state index contributed by atoms with van der Waals surface area (Å²) >= 11 is 0. The second kappa shape index (κ2) is 7.51. The molecule has 1 aliphatic heterocycles. The molecule has 128 valence electrons. The van der Waals surface area contributed by atoms with Crippen LogP contribution in [0.5, 0.6) is 5.75 Å². The van der Waals surface area contributed by atoms with Crippen molar-refractivity contribution in [2.75, 3.05) is 13.2 Å². The van der Waals surface area contributed by atoms with Crippen molar-refractivity contribution >= 4 is 5.91 Å². The largest absolute Gasteiger partial charge is 0.493 e. The molecule has 0 saturated carbocycles. The van der Waals surface area contributed by atoms with Crippen LogP contribution in [0.2, 0.25) is 0 Å². The SMILES string of the molecule is Cc1cc(C)n(CCC(=O)NC[C@@H]2CCOc3ccccc3C2)n1. The van der Waals surface area contributed by atoms with Crippen LogP contribution >= 0.6 is 0 Å². The van der Waals surface area contributed by atoms with Crippen molar-refractivity contribution in [2.24, 2.45) is 5.92 Å². The highest BCUT2D eigenvalue weighted by molar-refractivity contribution is 5.75. The lowest BCUT2D eigenvalue weighted by Crippen LogP contribution is -2.31. The Morgan fingerprint density at radius 2 is 2.21 bits per heavy atom. The van der Waals surface area contributed by atoms with Gasteiger partial charge in [0.1, 0.15) is 5.75 Å². The first-order valence-corrected chi connectivity index (χ1v) is 8.60. The molecule has 1 atom stereocenters. The third-order valence-electron chi connectivity index (χ3n) is 4.51. The summed E-state index contributed by atoms with van der Waals surface area (Å²) in [4.78, 5) is 12.1. The quantitative estimate of drug-likeness (QED) is 0.918. The first kappa shape index (κ1) is 16.6. The molecular weight excluding hydrogens is 302 g/mol. The minimum atomic E-state index is 0.0843. The lowest BCUT2D eigenvalue weighted by Gasteiger charge is -2.14. The smallest absolute Gasteiger partial charge is 0.221 e. The Hall–Kier alpha value is -2.30. The monoisotopic (exact) mass is 327 g/mol. The average molecular weight is 327 g/mol. The highest BCUT2D eigenvalue weighted by Crippen LogP contribution is 2.26. The topological polar surface area (TPSA) is 56.2 Å². The fourth-order valence-corrected chi connectivity index (χ4v) is 3.19. The summed E-state index contributed by atoms with van der Waals surface area (Å²) < 4.78 is 7.68. The highest BCUT2D eigenvalue weighted by Gasteiger charge is 2.18.